The van der Waals surface area contributed by atoms with Crippen LogP contribution in [0, 0.1) is 11.3 Å². The maximum atomic E-state index is 8.84. The summed E-state index contributed by atoms with van der Waals surface area (Å²) in [6.07, 6.45) is 5.54. The fraction of sp³-hybridized carbons (Fsp3) is 0.231. The molecular weight excluding hydrogens is 212 g/mol. The zero-order valence-electron chi connectivity index (χ0n) is 9.72. The van der Waals surface area contributed by atoms with E-state index < -0.39 is 0 Å². The first kappa shape index (κ1) is 11.4. The molecule has 0 aromatic carbocycles. The van der Waals surface area contributed by atoms with Crippen molar-refractivity contribution < 1.29 is 0 Å². The molecule has 0 fully saturated rings. The van der Waals surface area contributed by atoms with Crippen LogP contribution >= 0.6 is 0 Å². The number of nitrogens with one attached hydrogen (secondary N) is 1. The van der Waals surface area contributed by atoms with Crippen molar-refractivity contribution >= 4 is 0 Å². The van der Waals surface area contributed by atoms with E-state index in [9.17, 15) is 0 Å². The quantitative estimate of drug-likeness (QED) is 0.861. The minimum absolute atomic E-state index is 0.686. The summed E-state index contributed by atoms with van der Waals surface area (Å²) < 4.78 is 1.84. The lowest BCUT2D eigenvalue weighted by Crippen LogP contribution is -2.12. The van der Waals surface area contributed by atoms with E-state index in [1.807, 2.05) is 36.0 Å². The largest absolute Gasteiger partial charge is 0.342 e. The molecule has 2 rings (SSSR count). The van der Waals surface area contributed by atoms with E-state index in [4.69, 9.17) is 5.26 Å². The van der Waals surface area contributed by atoms with Crippen molar-refractivity contribution in [3.05, 3.63) is 53.6 Å². The van der Waals surface area contributed by atoms with Crippen LogP contribution in [0.1, 0.15) is 16.8 Å². The number of nitrogens with zero attached hydrogens (tertiary/aromatic N) is 3. The Kier molecular flexibility index (Phi) is 3.53. The third kappa shape index (κ3) is 2.92. The summed E-state index contributed by atoms with van der Waals surface area (Å²) in [6.45, 7) is 1.57. The molecule has 0 saturated heterocycles. The van der Waals surface area contributed by atoms with Gasteiger partial charge in [0.15, 0.2) is 0 Å². The summed E-state index contributed by atoms with van der Waals surface area (Å²) in [5.74, 6) is 0. The summed E-state index contributed by atoms with van der Waals surface area (Å²) >= 11 is 0. The molecule has 4 nitrogen and oxygen atoms in total. The topological polar surface area (TPSA) is 53.6 Å². The second kappa shape index (κ2) is 5.28. The number of hydrogen-bond acceptors (Lipinski definition) is 3. The Morgan fingerprint density at radius 2 is 2.00 bits per heavy atom. The molecule has 2 aromatic rings. The highest BCUT2D eigenvalue weighted by molar-refractivity contribution is 5.28. The summed E-state index contributed by atoms with van der Waals surface area (Å²) in [5.41, 5.74) is 3.01. The minimum Gasteiger partial charge on any atom is -0.342 e. The Balaban J connectivity index is 1.88. The van der Waals surface area contributed by atoms with Gasteiger partial charge in [0.25, 0.3) is 0 Å². The van der Waals surface area contributed by atoms with Gasteiger partial charge in [0.2, 0.25) is 0 Å². The van der Waals surface area contributed by atoms with Crippen LogP contribution in [0.25, 0.3) is 0 Å². The van der Waals surface area contributed by atoms with Crippen LogP contribution in [0.4, 0.5) is 0 Å². The molecule has 0 aliphatic heterocycles. The fourth-order valence-corrected chi connectivity index (χ4v) is 1.69. The first-order valence-electron chi connectivity index (χ1n) is 5.44. The second-order valence-electron chi connectivity index (χ2n) is 3.92. The van der Waals surface area contributed by atoms with E-state index in [0.717, 1.165) is 18.7 Å². The molecule has 0 unspecified atom stereocenters. The molecule has 1 N–H and O–H groups in total. The monoisotopic (exact) mass is 226 g/mol. The molecule has 2 heterocycles. The smallest absolute Gasteiger partial charge is 0.120 e. The summed E-state index contributed by atoms with van der Waals surface area (Å²) in [7, 11) is 1.88. The van der Waals surface area contributed by atoms with Gasteiger partial charge in [0, 0.05) is 38.7 Å². The first-order valence-corrected chi connectivity index (χ1v) is 5.44. The number of aromatic nitrogens is 2. The molecule has 86 valence electrons. The minimum atomic E-state index is 0.686. The molecule has 0 atom stereocenters. The van der Waals surface area contributed by atoms with Gasteiger partial charge in [0.05, 0.1) is 0 Å². The highest BCUT2D eigenvalue weighted by Crippen LogP contribution is 2.06. The molecule has 17 heavy (non-hydrogen) atoms. The van der Waals surface area contributed by atoms with Gasteiger partial charge in [0.1, 0.15) is 11.8 Å². The first-order chi connectivity index (χ1) is 8.29. The van der Waals surface area contributed by atoms with Gasteiger partial charge in [-0.05, 0) is 29.3 Å². The van der Waals surface area contributed by atoms with Crippen LogP contribution in [0.2, 0.25) is 0 Å². The Labute approximate surface area is 101 Å². The molecule has 0 radical (unpaired) electrons. The Morgan fingerprint density at radius 3 is 2.65 bits per heavy atom. The van der Waals surface area contributed by atoms with E-state index in [-0.39, 0.29) is 0 Å². The van der Waals surface area contributed by atoms with Crippen LogP contribution in [0.15, 0.2) is 36.8 Å². The van der Waals surface area contributed by atoms with Gasteiger partial charge in [-0.1, -0.05) is 0 Å². The maximum Gasteiger partial charge on any atom is 0.120 e. The van der Waals surface area contributed by atoms with Crippen LogP contribution in [0.3, 0.4) is 0 Å². The van der Waals surface area contributed by atoms with Gasteiger partial charge >= 0.3 is 0 Å². The molecule has 0 bridgehead atoms. The third-order valence-electron chi connectivity index (χ3n) is 2.58. The third-order valence-corrected chi connectivity index (χ3v) is 2.58. The number of nitriles is 1. The number of rotatable bonds is 4. The molecule has 4 heteroatoms. The SMILES string of the molecule is Cn1cc(CNCc2ccncc2)cc1C#N. The summed E-state index contributed by atoms with van der Waals surface area (Å²) in [5, 5.41) is 12.2. The van der Waals surface area contributed by atoms with E-state index in [1.54, 1.807) is 12.4 Å². The Hall–Kier alpha value is -2.12. The Morgan fingerprint density at radius 1 is 1.29 bits per heavy atom. The van der Waals surface area contributed by atoms with E-state index in [1.165, 1.54) is 5.56 Å². The van der Waals surface area contributed by atoms with Gasteiger partial charge < -0.3 is 9.88 Å². The van der Waals surface area contributed by atoms with Gasteiger partial charge in [-0.2, -0.15) is 5.26 Å². The van der Waals surface area contributed by atoms with E-state index in [0.29, 0.717) is 5.69 Å². The predicted octanol–water partition coefficient (Wildman–Crippen LogP) is 1.58. The summed E-state index contributed by atoms with van der Waals surface area (Å²) in [4.78, 5) is 3.97. The molecule has 2 aromatic heterocycles. The predicted molar refractivity (Wildman–Crippen MR) is 64.9 cm³/mol. The zero-order valence-corrected chi connectivity index (χ0v) is 9.72. The average Bonchev–Trinajstić information content (AvgIpc) is 2.71. The normalized spacial score (nSPS) is 10.1. The fourth-order valence-electron chi connectivity index (χ4n) is 1.69. The number of hydrogen-bond donors (Lipinski definition) is 1. The second-order valence-corrected chi connectivity index (χ2v) is 3.92. The summed E-state index contributed by atoms with van der Waals surface area (Å²) in [6, 6.07) is 8.02. The van der Waals surface area contributed by atoms with Crippen LogP contribution in [0.5, 0.6) is 0 Å². The molecular formula is C13H14N4. The highest BCUT2D eigenvalue weighted by Gasteiger charge is 2.01. The maximum absolute atomic E-state index is 8.84. The molecule has 0 aliphatic carbocycles. The number of pyridine rings is 1. The average molecular weight is 226 g/mol. The molecule has 0 amide bonds. The van der Waals surface area contributed by atoms with Crippen molar-refractivity contribution in [2.24, 2.45) is 7.05 Å². The Bertz CT molecular complexity index is 522. The standard InChI is InChI=1S/C13H14N4/c1-17-10-12(6-13(17)7-14)9-16-8-11-2-4-15-5-3-11/h2-6,10,16H,8-9H2,1H3. The van der Waals surface area contributed by atoms with Crippen molar-refractivity contribution in [2.45, 2.75) is 13.1 Å². The lowest BCUT2D eigenvalue weighted by molar-refractivity contribution is 0.691. The van der Waals surface area contributed by atoms with Gasteiger partial charge in [-0.15, -0.1) is 0 Å². The van der Waals surface area contributed by atoms with Crippen LogP contribution in [-0.2, 0) is 20.1 Å². The molecule has 0 spiro atoms. The van der Waals surface area contributed by atoms with Crippen molar-refractivity contribution in [3.8, 4) is 6.07 Å². The van der Waals surface area contributed by atoms with Crippen LogP contribution < -0.4 is 5.32 Å². The molecule has 0 saturated carbocycles. The lowest BCUT2D eigenvalue weighted by atomic mass is 10.2. The van der Waals surface area contributed by atoms with Crippen molar-refractivity contribution in [2.75, 3.05) is 0 Å². The van der Waals surface area contributed by atoms with Crippen LogP contribution in [-0.4, -0.2) is 9.55 Å². The zero-order chi connectivity index (χ0) is 12.1. The van der Waals surface area contributed by atoms with Gasteiger partial charge in [-0.3, -0.25) is 4.98 Å². The van der Waals surface area contributed by atoms with E-state index in [2.05, 4.69) is 16.4 Å². The highest BCUT2D eigenvalue weighted by atomic mass is 14.9. The molecule has 0 aliphatic rings. The van der Waals surface area contributed by atoms with E-state index >= 15 is 0 Å². The van der Waals surface area contributed by atoms with Crippen molar-refractivity contribution in [1.82, 2.24) is 14.9 Å². The number of aryl methyl sites for hydroxylation is 1. The van der Waals surface area contributed by atoms with Gasteiger partial charge in [-0.25, -0.2) is 0 Å². The van der Waals surface area contributed by atoms with Crippen molar-refractivity contribution in [3.63, 3.8) is 0 Å². The van der Waals surface area contributed by atoms with Crippen molar-refractivity contribution in [1.29, 1.82) is 5.26 Å². The lowest BCUT2D eigenvalue weighted by Gasteiger charge is -2.02.